The molecule has 3 heteroatoms. The van der Waals surface area contributed by atoms with Crippen molar-refractivity contribution in [3.63, 3.8) is 0 Å². The van der Waals surface area contributed by atoms with E-state index in [0.717, 1.165) is 39.3 Å². The number of fused-ring (bicyclic) bond motifs is 1. The van der Waals surface area contributed by atoms with E-state index < -0.39 is 0 Å². The summed E-state index contributed by atoms with van der Waals surface area (Å²) in [7, 11) is 0. The topological polar surface area (TPSA) is 27.3 Å². The Labute approximate surface area is 114 Å². The molecule has 0 atom stereocenters. The highest BCUT2D eigenvalue weighted by Gasteiger charge is 2.08. The first-order chi connectivity index (χ1) is 9.43. The van der Waals surface area contributed by atoms with Gasteiger partial charge in [-0.3, -0.25) is 4.90 Å². The average molecular weight is 255 g/mol. The number of piperazine rings is 1. The predicted octanol–water partition coefficient (Wildman–Crippen LogP) is 2.16. The average Bonchev–Trinajstić information content (AvgIpc) is 2.49. The van der Waals surface area contributed by atoms with Crippen LogP contribution in [0, 0.1) is 0 Å². The van der Waals surface area contributed by atoms with Crippen molar-refractivity contribution in [1.82, 2.24) is 10.2 Å². The van der Waals surface area contributed by atoms with Crippen molar-refractivity contribution in [2.75, 3.05) is 44.6 Å². The van der Waals surface area contributed by atoms with Crippen molar-refractivity contribution in [2.24, 2.45) is 0 Å². The van der Waals surface area contributed by atoms with E-state index in [0.29, 0.717) is 0 Å². The van der Waals surface area contributed by atoms with Gasteiger partial charge in [0.15, 0.2) is 0 Å². The summed E-state index contributed by atoms with van der Waals surface area (Å²) < 4.78 is 0. The normalized spacial score (nSPS) is 16.6. The lowest BCUT2D eigenvalue weighted by atomic mass is 10.1. The van der Waals surface area contributed by atoms with Crippen LogP contribution in [-0.4, -0.2) is 44.2 Å². The van der Waals surface area contributed by atoms with Gasteiger partial charge in [-0.2, -0.15) is 0 Å². The van der Waals surface area contributed by atoms with Gasteiger partial charge in [0.1, 0.15) is 0 Å². The van der Waals surface area contributed by atoms with Gasteiger partial charge in [-0.05, 0) is 11.5 Å². The zero-order chi connectivity index (χ0) is 12.9. The number of nitrogens with one attached hydrogen (secondary N) is 2. The van der Waals surface area contributed by atoms with Crippen LogP contribution < -0.4 is 10.6 Å². The van der Waals surface area contributed by atoms with E-state index in [1.165, 1.54) is 16.5 Å². The molecule has 1 saturated heterocycles. The number of rotatable bonds is 4. The molecule has 0 radical (unpaired) electrons. The van der Waals surface area contributed by atoms with Crippen LogP contribution in [0.1, 0.15) is 0 Å². The molecule has 2 N–H and O–H groups in total. The first-order valence-corrected chi connectivity index (χ1v) is 7.08. The lowest BCUT2D eigenvalue weighted by Gasteiger charge is -2.27. The maximum absolute atomic E-state index is 3.57. The molecular weight excluding hydrogens is 234 g/mol. The summed E-state index contributed by atoms with van der Waals surface area (Å²) in [5.41, 5.74) is 1.24. The highest BCUT2D eigenvalue weighted by atomic mass is 15.2. The van der Waals surface area contributed by atoms with E-state index in [1.807, 2.05) is 0 Å². The molecule has 1 fully saturated rings. The smallest absolute Gasteiger partial charge is 0.0420 e. The second-order valence-corrected chi connectivity index (χ2v) is 5.05. The summed E-state index contributed by atoms with van der Waals surface area (Å²) in [6, 6.07) is 15.0. The number of nitrogens with zero attached hydrogens (tertiary/aromatic N) is 1. The van der Waals surface area contributed by atoms with Gasteiger partial charge in [0.25, 0.3) is 0 Å². The number of hydrogen-bond acceptors (Lipinski definition) is 3. The second kappa shape index (κ2) is 6.04. The van der Waals surface area contributed by atoms with Crippen LogP contribution in [0.25, 0.3) is 10.8 Å². The van der Waals surface area contributed by atoms with Gasteiger partial charge in [-0.25, -0.2) is 0 Å². The minimum atomic E-state index is 1.01. The van der Waals surface area contributed by atoms with Gasteiger partial charge < -0.3 is 10.6 Å². The van der Waals surface area contributed by atoms with E-state index in [2.05, 4.69) is 58.0 Å². The molecule has 3 nitrogen and oxygen atoms in total. The standard InChI is InChI=1S/C16H21N3/c1-2-6-15-14(4-1)5-3-7-16(15)18-10-13-19-11-8-17-9-12-19/h1-7,17-18H,8-13H2. The molecule has 0 amide bonds. The Kier molecular flexibility index (Phi) is 3.96. The van der Waals surface area contributed by atoms with Gasteiger partial charge in [0, 0.05) is 50.3 Å². The summed E-state index contributed by atoms with van der Waals surface area (Å²) in [4.78, 5) is 2.51. The predicted molar refractivity (Wildman–Crippen MR) is 81.7 cm³/mol. The molecule has 0 aromatic heterocycles. The Morgan fingerprint density at radius 2 is 1.79 bits per heavy atom. The summed E-state index contributed by atoms with van der Waals surface area (Å²) in [5, 5.41) is 9.57. The number of hydrogen-bond donors (Lipinski definition) is 2. The molecule has 1 heterocycles. The molecule has 1 aliphatic rings. The SMILES string of the molecule is c1ccc2c(NCCN3CCNCC3)cccc2c1. The van der Waals surface area contributed by atoms with Crippen LogP contribution in [0.3, 0.4) is 0 Å². The van der Waals surface area contributed by atoms with Crippen LogP contribution in [0.5, 0.6) is 0 Å². The molecule has 0 bridgehead atoms. The molecular formula is C16H21N3. The maximum Gasteiger partial charge on any atom is 0.0420 e. The Hall–Kier alpha value is -1.58. The summed E-state index contributed by atoms with van der Waals surface area (Å²) >= 11 is 0. The molecule has 2 aromatic carbocycles. The second-order valence-electron chi connectivity index (χ2n) is 5.05. The van der Waals surface area contributed by atoms with Crippen molar-refractivity contribution >= 4 is 16.5 Å². The third kappa shape index (κ3) is 3.06. The highest BCUT2D eigenvalue weighted by Crippen LogP contribution is 2.22. The molecule has 0 saturated carbocycles. The quantitative estimate of drug-likeness (QED) is 0.876. The van der Waals surface area contributed by atoms with Crippen LogP contribution in [0.15, 0.2) is 42.5 Å². The van der Waals surface area contributed by atoms with Crippen molar-refractivity contribution in [2.45, 2.75) is 0 Å². The molecule has 0 spiro atoms. The molecule has 3 rings (SSSR count). The van der Waals surface area contributed by atoms with Crippen LogP contribution in [0.2, 0.25) is 0 Å². The molecule has 19 heavy (non-hydrogen) atoms. The van der Waals surface area contributed by atoms with Crippen molar-refractivity contribution in [3.8, 4) is 0 Å². The summed E-state index contributed by atoms with van der Waals surface area (Å²) in [6.45, 7) is 6.69. The fourth-order valence-corrected chi connectivity index (χ4v) is 2.66. The Bertz CT molecular complexity index is 527. The van der Waals surface area contributed by atoms with E-state index in [1.54, 1.807) is 0 Å². The fourth-order valence-electron chi connectivity index (χ4n) is 2.66. The lowest BCUT2D eigenvalue weighted by Crippen LogP contribution is -2.45. The minimum absolute atomic E-state index is 1.01. The number of anilines is 1. The van der Waals surface area contributed by atoms with Gasteiger partial charge in [-0.15, -0.1) is 0 Å². The van der Waals surface area contributed by atoms with Gasteiger partial charge >= 0.3 is 0 Å². The zero-order valence-electron chi connectivity index (χ0n) is 11.2. The van der Waals surface area contributed by atoms with E-state index in [9.17, 15) is 0 Å². The molecule has 0 unspecified atom stereocenters. The van der Waals surface area contributed by atoms with Crippen LogP contribution >= 0.6 is 0 Å². The van der Waals surface area contributed by atoms with Gasteiger partial charge in [0.2, 0.25) is 0 Å². The van der Waals surface area contributed by atoms with Gasteiger partial charge in [-0.1, -0.05) is 36.4 Å². The summed E-state index contributed by atoms with van der Waals surface area (Å²) in [5.74, 6) is 0. The third-order valence-electron chi connectivity index (χ3n) is 3.74. The van der Waals surface area contributed by atoms with Crippen LogP contribution in [-0.2, 0) is 0 Å². The Balaban J connectivity index is 1.62. The van der Waals surface area contributed by atoms with E-state index in [4.69, 9.17) is 0 Å². The minimum Gasteiger partial charge on any atom is -0.383 e. The summed E-state index contributed by atoms with van der Waals surface area (Å²) in [6.07, 6.45) is 0. The Morgan fingerprint density at radius 3 is 2.68 bits per heavy atom. The fraction of sp³-hybridized carbons (Fsp3) is 0.375. The third-order valence-corrected chi connectivity index (χ3v) is 3.74. The zero-order valence-corrected chi connectivity index (χ0v) is 11.2. The van der Waals surface area contributed by atoms with Crippen LogP contribution in [0.4, 0.5) is 5.69 Å². The van der Waals surface area contributed by atoms with Crippen molar-refractivity contribution < 1.29 is 0 Å². The van der Waals surface area contributed by atoms with E-state index in [-0.39, 0.29) is 0 Å². The van der Waals surface area contributed by atoms with Crippen molar-refractivity contribution in [3.05, 3.63) is 42.5 Å². The maximum atomic E-state index is 3.57. The highest BCUT2D eigenvalue weighted by molar-refractivity contribution is 5.93. The molecule has 0 aliphatic carbocycles. The first-order valence-electron chi connectivity index (χ1n) is 7.08. The number of benzene rings is 2. The molecule has 2 aromatic rings. The lowest BCUT2D eigenvalue weighted by molar-refractivity contribution is 0.249. The first kappa shape index (κ1) is 12.5. The Morgan fingerprint density at radius 1 is 1.00 bits per heavy atom. The van der Waals surface area contributed by atoms with Gasteiger partial charge in [0.05, 0.1) is 0 Å². The van der Waals surface area contributed by atoms with E-state index >= 15 is 0 Å². The monoisotopic (exact) mass is 255 g/mol. The van der Waals surface area contributed by atoms with Crippen molar-refractivity contribution in [1.29, 1.82) is 0 Å². The molecule has 1 aliphatic heterocycles. The largest absolute Gasteiger partial charge is 0.383 e. The molecule has 100 valence electrons.